The molecule has 1 N–H and O–H groups in total. The largest absolute Gasteiger partial charge is 0.493 e. The first-order valence-electron chi connectivity index (χ1n) is 12.9. The van der Waals surface area contributed by atoms with Crippen molar-refractivity contribution in [1.82, 2.24) is 10.2 Å². The lowest BCUT2D eigenvalue weighted by atomic mass is 9.97. The molecule has 3 heterocycles. The molecule has 8 heteroatoms. The number of anilines is 1. The van der Waals surface area contributed by atoms with Crippen LogP contribution >= 0.6 is 11.6 Å². The number of amides is 1. The molecule has 0 bridgehead atoms. The first-order valence-corrected chi connectivity index (χ1v) is 13.3. The second-order valence-corrected chi connectivity index (χ2v) is 10.2. The Bertz CT molecular complexity index is 1190. The van der Waals surface area contributed by atoms with Gasteiger partial charge in [0, 0.05) is 36.6 Å². The van der Waals surface area contributed by atoms with Crippen molar-refractivity contribution >= 4 is 29.0 Å². The zero-order valence-electron chi connectivity index (χ0n) is 20.9. The van der Waals surface area contributed by atoms with Gasteiger partial charge in [0.05, 0.1) is 12.6 Å². The summed E-state index contributed by atoms with van der Waals surface area (Å²) in [6, 6.07) is 14.2. The Morgan fingerprint density at radius 2 is 1.86 bits per heavy atom. The molecule has 0 spiro atoms. The number of carbonyl (C=O) groups excluding carboxylic acids is 1. The summed E-state index contributed by atoms with van der Waals surface area (Å²) < 4.78 is 18.9. The standard InChI is InChI=1S/C29H32ClFN4O2/c1-2-26-28(35-16-13-22(30)17-27(35)33-26)29(36)32-18-20-3-7-24(8-4-20)34-14-11-21(12-15-34)19-37-25-9-5-23(31)6-10-25/h3-10,13,16-17,21,26,28H,2,11-12,14-15,18-19H2,1H3,(H,32,36). The molecule has 5 rings (SSSR count). The molecule has 3 aliphatic heterocycles. The first kappa shape index (κ1) is 25.3. The molecule has 0 radical (unpaired) electrons. The molecule has 2 atom stereocenters. The molecule has 0 saturated carbocycles. The van der Waals surface area contributed by atoms with Crippen molar-refractivity contribution in [3.8, 4) is 5.75 Å². The molecule has 0 aromatic heterocycles. The summed E-state index contributed by atoms with van der Waals surface area (Å²) in [7, 11) is 0. The van der Waals surface area contributed by atoms with E-state index in [0.29, 0.717) is 29.9 Å². The molecule has 194 valence electrons. The topological polar surface area (TPSA) is 57.2 Å². The number of halogens is 2. The number of ether oxygens (including phenoxy) is 1. The number of hydrogen-bond donors (Lipinski definition) is 1. The van der Waals surface area contributed by atoms with Gasteiger partial charge in [-0.25, -0.2) is 4.39 Å². The predicted molar refractivity (Wildman–Crippen MR) is 145 cm³/mol. The van der Waals surface area contributed by atoms with Crippen molar-refractivity contribution in [3.05, 3.63) is 83.3 Å². The minimum atomic E-state index is -0.357. The zero-order chi connectivity index (χ0) is 25.8. The molecule has 6 nitrogen and oxygen atoms in total. The van der Waals surface area contributed by atoms with Crippen molar-refractivity contribution < 1.29 is 13.9 Å². The van der Waals surface area contributed by atoms with Crippen LogP contribution in [0.15, 0.2) is 76.9 Å². The van der Waals surface area contributed by atoms with E-state index in [0.717, 1.165) is 43.8 Å². The van der Waals surface area contributed by atoms with Gasteiger partial charge in [0.15, 0.2) is 0 Å². The molecule has 2 aromatic rings. The highest BCUT2D eigenvalue weighted by Crippen LogP contribution is 2.27. The average molecular weight is 523 g/mol. The van der Waals surface area contributed by atoms with Crippen LogP contribution in [0.25, 0.3) is 0 Å². The summed E-state index contributed by atoms with van der Waals surface area (Å²) in [4.78, 5) is 22.1. The van der Waals surface area contributed by atoms with Crippen molar-refractivity contribution in [2.75, 3.05) is 24.6 Å². The van der Waals surface area contributed by atoms with Crippen LogP contribution in [0.3, 0.4) is 0 Å². The Morgan fingerprint density at radius 3 is 2.57 bits per heavy atom. The van der Waals surface area contributed by atoms with Crippen LogP contribution in [0.4, 0.5) is 10.1 Å². The summed E-state index contributed by atoms with van der Waals surface area (Å²) in [6.07, 6.45) is 8.31. The molecular formula is C29H32ClFN4O2. The molecule has 2 aromatic carbocycles. The van der Waals surface area contributed by atoms with Crippen LogP contribution in [0, 0.1) is 11.7 Å². The number of nitrogens with one attached hydrogen (secondary N) is 1. The lowest BCUT2D eigenvalue weighted by molar-refractivity contribution is -0.124. The van der Waals surface area contributed by atoms with Gasteiger partial charge in [-0.3, -0.25) is 9.79 Å². The second kappa shape index (κ2) is 11.4. The number of benzene rings is 2. The summed E-state index contributed by atoms with van der Waals surface area (Å²) in [6.45, 7) is 5.11. The van der Waals surface area contributed by atoms with Gasteiger partial charge in [0.2, 0.25) is 5.91 Å². The van der Waals surface area contributed by atoms with Gasteiger partial charge in [0.1, 0.15) is 23.4 Å². The fraction of sp³-hybridized carbons (Fsp3) is 0.379. The average Bonchev–Trinajstić information content (AvgIpc) is 3.30. The van der Waals surface area contributed by atoms with E-state index in [4.69, 9.17) is 16.3 Å². The van der Waals surface area contributed by atoms with Crippen LogP contribution in [-0.2, 0) is 11.3 Å². The Hall–Kier alpha value is -3.32. The first-order chi connectivity index (χ1) is 18.0. The minimum Gasteiger partial charge on any atom is -0.493 e. The Morgan fingerprint density at radius 1 is 1.14 bits per heavy atom. The SMILES string of the molecule is CCC1N=C2C=C(Cl)C=CN2C1C(=O)NCc1ccc(N2CCC(COc3ccc(F)cc3)CC2)cc1. The van der Waals surface area contributed by atoms with Gasteiger partial charge in [0.25, 0.3) is 0 Å². The zero-order valence-corrected chi connectivity index (χ0v) is 21.7. The number of allylic oxidation sites excluding steroid dienone is 2. The summed E-state index contributed by atoms with van der Waals surface area (Å²) in [5.74, 6) is 1.67. The van der Waals surface area contributed by atoms with Crippen LogP contribution in [0.5, 0.6) is 5.75 Å². The molecule has 0 aliphatic carbocycles. The minimum absolute atomic E-state index is 0.0318. The van der Waals surface area contributed by atoms with Crippen LogP contribution in [0.1, 0.15) is 31.7 Å². The predicted octanol–water partition coefficient (Wildman–Crippen LogP) is 5.25. The number of aliphatic imine (C=N–C) groups is 1. The van der Waals surface area contributed by atoms with E-state index in [1.807, 2.05) is 18.0 Å². The van der Waals surface area contributed by atoms with E-state index in [9.17, 15) is 9.18 Å². The van der Waals surface area contributed by atoms with Crippen LogP contribution in [0.2, 0.25) is 0 Å². The van der Waals surface area contributed by atoms with Crippen molar-refractivity contribution in [2.45, 2.75) is 44.8 Å². The van der Waals surface area contributed by atoms with Gasteiger partial charge in [-0.2, -0.15) is 0 Å². The highest BCUT2D eigenvalue weighted by Gasteiger charge is 2.39. The number of carbonyl (C=O) groups is 1. The lowest BCUT2D eigenvalue weighted by Gasteiger charge is -2.33. The molecule has 1 saturated heterocycles. The number of fused-ring (bicyclic) bond motifs is 1. The molecule has 2 unspecified atom stereocenters. The summed E-state index contributed by atoms with van der Waals surface area (Å²) >= 11 is 6.11. The number of nitrogens with zero attached hydrogens (tertiary/aromatic N) is 3. The van der Waals surface area contributed by atoms with E-state index in [1.165, 1.54) is 17.8 Å². The molecule has 1 amide bonds. The Balaban J connectivity index is 1.09. The highest BCUT2D eigenvalue weighted by molar-refractivity contribution is 6.33. The fourth-order valence-corrected chi connectivity index (χ4v) is 5.23. The van der Waals surface area contributed by atoms with Gasteiger partial charge in [-0.05, 0) is 79.3 Å². The number of rotatable bonds is 8. The third kappa shape index (κ3) is 5.99. The van der Waals surface area contributed by atoms with E-state index in [1.54, 1.807) is 24.3 Å². The normalized spacial score (nSPS) is 21.4. The number of amidine groups is 1. The summed E-state index contributed by atoms with van der Waals surface area (Å²) in [5.41, 5.74) is 2.25. The molecule has 3 aliphatic rings. The van der Waals surface area contributed by atoms with Crippen molar-refractivity contribution in [2.24, 2.45) is 10.9 Å². The summed E-state index contributed by atoms with van der Waals surface area (Å²) in [5, 5.41) is 3.71. The third-order valence-corrected chi connectivity index (χ3v) is 7.49. The molecular weight excluding hydrogens is 491 g/mol. The maximum Gasteiger partial charge on any atom is 0.245 e. The lowest BCUT2D eigenvalue weighted by Crippen LogP contribution is -2.48. The number of piperidine rings is 1. The van der Waals surface area contributed by atoms with Crippen LogP contribution in [-0.4, -0.2) is 48.4 Å². The smallest absolute Gasteiger partial charge is 0.245 e. The van der Waals surface area contributed by atoms with E-state index >= 15 is 0 Å². The van der Waals surface area contributed by atoms with Crippen molar-refractivity contribution in [3.63, 3.8) is 0 Å². The van der Waals surface area contributed by atoms with Gasteiger partial charge < -0.3 is 19.9 Å². The van der Waals surface area contributed by atoms with E-state index < -0.39 is 0 Å². The second-order valence-electron chi connectivity index (χ2n) is 9.74. The maximum absolute atomic E-state index is 13.1. The molecule has 1 fully saturated rings. The Kier molecular flexibility index (Phi) is 7.79. The van der Waals surface area contributed by atoms with Gasteiger partial charge in [-0.1, -0.05) is 30.7 Å². The van der Waals surface area contributed by atoms with Crippen LogP contribution < -0.4 is 15.0 Å². The maximum atomic E-state index is 13.1. The third-order valence-electron chi connectivity index (χ3n) is 7.26. The van der Waals surface area contributed by atoms with Gasteiger partial charge >= 0.3 is 0 Å². The van der Waals surface area contributed by atoms with E-state index in [-0.39, 0.29) is 23.8 Å². The van der Waals surface area contributed by atoms with Gasteiger partial charge in [-0.15, -0.1) is 0 Å². The molecule has 37 heavy (non-hydrogen) atoms. The highest BCUT2D eigenvalue weighted by atomic mass is 35.5. The fourth-order valence-electron chi connectivity index (χ4n) is 5.08. The van der Waals surface area contributed by atoms with Crippen molar-refractivity contribution in [1.29, 1.82) is 0 Å². The number of hydrogen-bond acceptors (Lipinski definition) is 5. The Labute approximate surface area is 222 Å². The quantitative estimate of drug-likeness (QED) is 0.514. The van der Waals surface area contributed by atoms with E-state index in [2.05, 4.69) is 39.5 Å². The monoisotopic (exact) mass is 522 g/mol.